The maximum absolute atomic E-state index is 12.0. The summed E-state index contributed by atoms with van der Waals surface area (Å²) in [6.07, 6.45) is 5.39. The molecule has 1 aliphatic carbocycles. The van der Waals surface area contributed by atoms with Crippen molar-refractivity contribution in [3.05, 3.63) is 0 Å². The predicted octanol–water partition coefficient (Wildman–Crippen LogP) is 2.30. The first-order valence-corrected chi connectivity index (χ1v) is 6.27. The highest BCUT2D eigenvalue weighted by atomic mass is 16.2. The molecular weight excluding hydrogens is 202 g/mol. The highest BCUT2D eigenvalue weighted by molar-refractivity contribution is 5.89. The van der Waals surface area contributed by atoms with Crippen molar-refractivity contribution < 1.29 is 9.59 Å². The maximum Gasteiger partial charge on any atom is 0.226 e. The number of hydrogen-bond acceptors (Lipinski definition) is 2. The SMILES string of the molecule is CC(C)C(=O)CNC(=O)C1(C)CCCCC1. The number of Topliss-reactive ketones (excluding diaryl/α,β-unsaturated/α-hetero) is 1. The van der Waals surface area contributed by atoms with Gasteiger partial charge in [0.15, 0.2) is 5.78 Å². The minimum Gasteiger partial charge on any atom is -0.349 e. The van der Waals surface area contributed by atoms with Crippen LogP contribution in [0.2, 0.25) is 0 Å². The van der Waals surface area contributed by atoms with Crippen molar-refractivity contribution in [2.24, 2.45) is 11.3 Å². The number of ketones is 1. The first-order valence-electron chi connectivity index (χ1n) is 6.27. The van der Waals surface area contributed by atoms with Crippen molar-refractivity contribution in [2.75, 3.05) is 6.54 Å². The zero-order valence-electron chi connectivity index (χ0n) is 10.6. The average Bonchev–Trinajstić information content (AvgIpc) is 2.26. The molecule has 1 fully saturated rings. The van der Waals surface area contributed by atoms with E-state index in [0.29, 0.717) is 0 Å². The van der Waals surface area contributed by atoms with Crippen molar-refractivity contribution >= 4 is 11.7 Å². The van der Waals surface area contributed by atoms with Crippen molar-refractivity contribution in [1.29, 1.82) is 0 Å². The van der Waals surface area contributed by atoms with Gasteiger partial charge in [-0.15, -0.1) is 0 Å². The molecule has 0 aliphatic heterocycles. The third-order valence-electron chi connectivity index (χ3n) is 3.57. The van der Waals surface area contributed by atoms with Gasteiger partial charge < -0.3 is 5.32 Å². The first-order chi connectivity index (χ1) is 7.46. The quantitative estimate of drug-likeness (QED) is 0.798. The third kappa shape index (κ3) is 3.32. The Morgan fingerprint density at radius 2 is 1.75 bits per heavy atom. The Bertz CT molecular complexity index is 265. The van der Waals surface area contributed by atoms with Crippen molar-refractivity contribution in [3.63, 3.8) is 0 Å². The molecule has 16 heavy (non-hydrogen) atoms. The molecule has 1 N–H and O–H groups in total. The van der Waals surface area contributed by atoms with Crippen LogP contribution in [0.3, 0.4) is 0 Å². The smallest absolute Gasteiger partial charge is 0.226 e. The molecule has 0 aromatic heterocycles. The number of carbonyl (C=O) groups is 2. The van der Waals surface area contributed by atoms with Gasteiger partial charge in [0, 0.05) is 11.3 Å². The Balaban J connectivity index is 2.42. The van der Waals surface area contributed by atoms with Crippen molar-refractivity contribution in [2.45, 2.75) is 52.9 Å². The summed E-state index contributed by atoms with van der Waals surface area (Å²) < 4.78 is 0. The molecular formula is C13H23NO2. The first kappa shape index (κ1) is 13.2. The van der Waals surface area contributed by atoms with E-state index in [9.17, 15) is 9.59 Å². The fraction of sp³-hybridized carbons (Fsp3) is 0.846. The summed E-state index contributed by atoms with van der Waals surface area (Å²) in [6.45, 7) is 5.92. The molecule has 92 valence electrons. The third-order valence-corrected chi connectivity index (χ3v) is 3.57. The zero-order chi connectivity index (χ0) is 12.2. The van der Waals surface area contributed by atoms with E-state index in [2.05, 4.69) is 5.32 Å². The predicted molar refractivity (Wildman–Crippen MR) is 64.0 cm³/mol. The minimum absolute atomic E-state index is 0.000498. The van der Waals surface area contributed by atoms with Crippen LogP contribution in [0.25, 0.3) is 0 Å². The van der Waals surface area contributed by atoms with E-state index in [0.717, 1.165) is 25.7 Å². The standard InChI is InChI=1S/C13H23NO2/c1-10(2)11(15)9-14-12(16)13(3)7-5-4-6-8-13/h10H,4-9H2,1-3H3,(H,14,16). The Morgan fingerprint density at radius 1 is 1.19 bits per heavy atom. The lowest BCUT2D eigenvalue weighted by molar-refractivity contribution is -0.134. The van der Waals surface area contributed by atoms with Crippen LogP contribution in [0.15, 0.2) is 0 Å². The van der Waals surface area contributed by atoms with Gasteiger partial charge in [-0.05, 0) is 12.8 Å². The van der Waals surface area contributed by atoms with Gasteiger partial charge >= 0.3 is 0 Å². The molecule has 0 atom stereocenters. The summed E-state index contributed by atoms with van der Waals surface area (Å²) >= 11 is 0. The van der Waals surface area contributed by atoms with E-state index < -0.39 is 0 Å². The van der Waals surface area contributed by atoms with Gasteiger partial charge in [0.05, 0.1) is 6.54 Å². The molecule has 0 heterocycles. The van der Waals surface area contributed by atoms with Crippen molar-refractivity contribution in [1.82, 2.24) is 5.32 Å². The van der Waals surface area contributed by atoms with Gasteiger partial charge in [-0.2, -0.15) is 0 Å². The van der Waals surface area contributed by atoms with Crippen LogP contribution in [0.1, 0.15) is 52.9 Å². The van der Waals surface area contributed by atoms with E-state index in [1.54, 1.807) is 0 Å². The van der Waals surface area contributed by atoms with E-state index in [1.165, 1.54) is 6.42 Å². The lowest BCUT2D eigenvalue weighted by Gasteiger charge is -2.31. The monoisotopic (exact) mass is 225 g/mol. The van der Waals surface area contributed by atoms with Crippen LogP contribution in [0.5, 0.6) is 0 Å². The second-order valence-electron chi connectivity index (χ2n) is 5.43. The van der Waals surface area contributed by atoms with Gasteiger partial charge in [0.1, 0.15) is 0 Å². The molecule has 1 amide bonds. The highest BCUT2D eigenvalue weighted by Crippen LogP contribution is 2.35. The van der Waals surface area contributed by atoms with Gasteiger partial charge in [0.25, 0.3) is 0 Å². The topological polar surface area (TPSA) is 46.2 Å². The molecule has 0 saturated heterocycles. The summed E-state index contributed by atoms with van der Waals surface area (Å²) in [5.74, 6) is 0.161. The highest BCUT2D eigenvalue weighted by Gasteiger charge is 2.34. The molecule has 0 spiro atoms. The number of rotatable bonds is 4. The summed E-state index contributed by atoms with van der Waals surface area (Å²) in [5, 5.41) is 2.79. The van der Waals surface area contributed by atoms with Gasteiger partial charge in [-0.1, -0.05) is 40.0 Å². The van der Waals surface area contributed by atoms with E-state index in [-0.39, 0.29) is 29.6 Å². The van der Waals surface area contributed by atoms with Gasteiger partial charge in [-0.3, -0.25) is 9.59 Å². The molecule has 1 saturated carbocycles. The lowest BCUT2D eigenvalue weighted by atomic mass is 9.75. The van der Waals surface area contributed by atoms with E-state index in [4.69, 9.17) is 0 Å². The second-order valence-corrected chi connectivity index (χ2v) is 5.43. The Morgan fingerprint density at radius 3 is 2.25 bits per heavy atom. The fourth-order valence-electron chi connectivity index (χ4n) is 2.14. The van der Waals surface area contributed by atoms with Crippen LogP contribution in [0, 0.1) is 11.3 Å². The van der Waals surface area contributed by atoms with Crippen LogP contribution < -0.4 is 5.32 Å². The molecule has 1 aliphatic rings. The molecule has 0 aromatic rings. The summed E-state index contributed by atoms with van der Waals surface area (Å²) in [4.78, 5) is 23.4. The number of carbonyl (C=O) groups excluding carboxylic acids is 2. The molecule has 0 bridgehead atoms. The molecule has 0 radical (unpaired) electrons. The van der Waals surface area contributed by atoms with Crippen LogP contribution >= 0.6 is 0 Å². The summed E-state index contributed by atoms with van der Waals surface area (Å²) in [6, 6.07) is 0. The Kier molecular flexibility index (Phi) is 4.51. The van der Waals surface area contributed by atoms with Crippen molar-refractivity contribution in [3.8, 4) is 0 Å². The largest absolute Gasteiger partial charge is 0.349 e. The maximum atomic E-state index is 12.0. The number of hydrogen-bond donors (Lipinski definition) is 1. The average molecular weight is 225 g/mol. The Hall–Kier alpha value is -0.860. The number of amides is 1. The van der Waals surface area contributed by atoms with Gasteiger partial charge in [0.2, 0.25) is 5.91 Å². The van der Waals surface area contributed by atoms with Crippen LogP contribution in [0.4, 0.5) is 0 Å². The molecule has 3 heteroatoms. The summed E-state index contributed by atoms with van der Waals surface area (Å²) in [5.41, 5.74) is -0.241. The fourth-order valence-corrected chi connectivity index (χ4v) is 2.14. The minimum atomic E-state index is -0.241. The van der Waals surface area contributed by atoms with Gasteiger partial charge in [-0.25, -0.2) is 0 Å². The molecule has 0 unspecified atom stereocenters. The lowest BCUT2D eigenvalue weighted by Crippen LogP contribution is -2.42. The molecule has 0 aromatic carbocycles. The van der Waals surface area contributed by atoms with E-state index >= 15 is 0 Å². The summed E-state index contributed by atoms with van der Waals surface area (Å²) in [7, 11) is 0. The van der Waals surface area contributed by atoms with E-state index in [1.807, 2.05) is 20.8 Å². The van der Waals surface area contributed by atoms with Crippen LogP contribution in [-0.4, -0.2) is 18.2 Å². The molecule has 1 rings (SSSR count). The normalized spacial score (nSPS) is 19.5. The Labute approximate surface area is 98.0 Å². The number of nitrogens with one attached hydrogen (secondary N) is 1. The van der Waals surface area contributed by atoms with Crippen LogP contribution in [-0.2, 0) is 9.59 Å². The molecule has 3 nitrogen and oxygen atoms in total. The zero-order valence-corrected chi connectivity index (χ0v) is 10.6. The second kappa shape index (κ2) is 5.46.